The molecule has 0 unspecified atom stereocenters. The quantitative estimate of drug-likeness (QED) is 0.269. The van der Waals surface area contributed by atoms with Gasteiger partial charge in [0.25, 0.3) is 0 Å². The highest BCUT2D eigenvalue weighted by atomic mass is 32.1. The van der Waals surface area contributed by atoms with Gasteiger partial charge in [-0.3, -0.25) is 0 Å². The number of hydrogen-bond donors (Lipinski definition) is 2. The minimum Gasteiger partial charge on any atom is -0.494 e. The Bertz CT molecular complexity index is 1510. The molecule has 0 saturated heterocycles. The number of aliphatic hydroxyl groups excluding tert-OH is 1. The van der Waals surface area contributed by atoms with Crippen LogP contribution in [-0.2, 0) is 13.2 Å². The Morgan fingerprint density at radius 1 is 1.00 bits per heavy atom. The first-order chi connectivity index (χ1) is 17.1. The van der Waals surface area contributed by atoms with E-state index in [0.29, 0.717) is 24.5 Å². The lowest BCUT2D eigenvalue weighted by Crippen LogP contribution is -2.10. The van der Waals surface area contributed by atoms with Crippen LogP contribution in [0.25, 0.3) is 33.1 Å². The maximum Gasteiger partial charge on any atom is 0.512 e. The van der Waals surface area contributed by atoms with Crippen LogP contribution in [0.15, 0.2) is 60.7 Å². The van der Waals surface area contributed by atoms with Gasteiger partial charge in [-0.25, -0.2) is 4.79 Å². The first kappa shape index (κ1) is 22.8. The number of carbonyl (C=O) groups is 1. The van der Waals surface area contributed by atoms with Gasteiger partial charge in [-0.2, -0.15) is 8.75 Å². The van der Waals surface area contributed by atoms with Gasteiger partial charge in [0.15, 0.2) is 0 Å². The second-order valence-electron chi connectivity index (χ2n) is 8.10. The highest BCUT2D eigenvalue weighted by Gasteiger charge is 2.23. The van der Waals surface area contributed by atoms with E-state index in [-0.39, 0.29) is 12.5 Å². The summed E-state index contributed by atoms with van der Waals surface area (Å²) in [5.41, 5.74) is 5.53. The van der Waals surface area contributed by atoms with Gasteiger partial charge in [-0.05, 0) is 53.4 Å². The second-order valence-corrected chi connectivity index (χ2v) is 8.63. The number of nitrogens with zero attached hydrogens (tertiary/aromatic N) is 3. The third-order valence-electron chi connectivity index (χ3n) is 5.73. The van der Waals surface area contributed by atoms with Gasteiger partial charge in [0, 0.05) is 5.39 Å². The number of hydrogen-bond acceptors (Lipinski definition) is 7. The molecule has 9 heteroatoms. The van der Waals surface area contributed by atoms with Gasteiger partial charge in [0.2, 0.25) is 5.88 Å². The van der Waals surface area contributed by atoms with E-state index in [2.05, 4.69) is 8.75 Å². The summed E-state index contributed by atoms with van der Waals surface area (Å²) in [6, 6.07) is 18.8. The van der Waals surface area contributed by atoms with Crippen molar-refractivity contribution in [2.24, 2.45) is 0 Å². The van der Waals surface area contributed by atoms with Crippen LogP contribution in [0.4, 0.5) is 4.79 Å². The van der Waals surface area contributed by atoms with Gasteiger partial charge < -0.3 is 24.3 Å². The first-order valence-electron chi connectivity index (χ1n) is 11.2. The lowest BCUT2D eigenvalue weighted by Gasteiger charge is -2.11. The van der Waals surface area contributed by atoms with Gasteiger partial charge in [0.1, 0.15) is 16.8 Å². The molecule has 0 fully saturated rings. The number of ether oxygens (including phenoxy) is 2. The Balaban J connectivity index is 1.72. The Labute approximate surface area is 205 Å². The van der Waals surface area contributed by atoms with Gasteiger partial charge in [-0.15, -0.1) is 0 Å². The van der Waals surface area contributed by atoms with E-state index in [1.165, 1.54) is 0 Å². The molecular formula is C26H23N3O5S. The zero-order valence-electron chi connectivity index (χ0n) is 19.0. The fourth-order valence-corrected chi connectivity index (χ4v) is 4.65. The lowest BCUT2D eigenvalue weighted by molar-refractivity contribution is 0.141. The number of aromatic nitrogens is 3. The molecule has 0 spiro atoms. The van der Waals surface area contributed by atoms with Crippen molar-refractivity contribution < 1.29 is 24.5 Å². The molecule has 5 rings (SSSR count). The molecule has 0 amide bonds. The van der Waals surface area contributed by atoms with Crippen LogP contribution in [0.3, 0.4) is 0 Å². The number of carboxylic acid groups (broad SMARTS) is 1. The van der Waals surface area contributed by atoms with Gasteiger partial charge in [-0.1, -0.05) is 37.3 Å². The van der Waals surface area contributed by atoms with Crippen molar-refractivity contribution in [3.05, 3.63) is 71.8 Å². The second kappa shape index (κ2) is 9.73. The predicted molar refractivity (Wildman–Crippen MR) is 134 cm³/mol. The van der Waals surface area contributed by atoms with E-state index in [9.17, 15) is 15.0 Å². The van der Waals surface area contributed by atoms with E-state index in [1.54, 1.807) is 0 Å². The Hall–Kier alpha value is -3.95. The largest absolute Gasteiger partial charge is 0.512 e. The number of aliphatic hydroxyl groups is 1. The summed E-state index contributed by atoms with van der Waals surface area (Å²) < 4.78 is 21.7. The van der Waals surface area contributed by atoms with Crippen molar-refractivity contribution in [3.63, 3.8) is 0 Å². The summed E-state index contributed by atoms with van der Waals surface area (Å²) in [4.78, 5) is 11.8. The van der Waals surface area contributed by atoms with Crippen molar-refractivity contribution in [2.45, 2.75) is 26.5 Å². The van der Waals surface area contributed by atoms with Crippen molar-refractivity contribution >= 4 is 39.8 Å². The Morgan fingerprint density at radius 3 is 2.51 bits per heavy atom. The molecule has 0 saturated carbocycles. The summed E-state index contributed by atoms with van der Waals surface area (Å²) >= 11 is 1.15. The molecule has 2 heterocycles. The van der Waals surface area contributed by atoms with Crippen molar-refractivity contribution in [1.29, 1.82) is 0 Å². The molecule has 3 aromatic carbocycles. The molecule has 2 aromatic heterocycles. The van der Waals surface area contributed by atoms with Crippen LogP contribution in [0.2, 0.25) is 0 Å². The first-order valence-corrected chi connectivity index (χ1v) is 11.9. The highest BCUT2D eigenvalue weighted by molar-refractivity contribution is 7.00. The molecule has 8 nitrogen and oxygen atoms in total. The molecule has 0 radical (unpaired) electrons. The van der Waals surface area contributed by atoms with E-state index in [0.717, 1.165) is 56.8 Å². The molecule has 0 aliphatic carbocycles. The fraction of sp³-hybridized carbons (Fsp3) is 0.192. The maximum absolute atomic E-state index is 11.8. The van der Waals surface area contributed by atoms with E-state index in [4.69, 9.17) is 9.47 Å². The summed E-state index contributed by atoms with van der Waals surface area (Å²) in [5.74, 6) is 0.912. The monoisotopic (exact) mass is 489 g/mol. The smallest absolute Gasteiger partial charge is 0.494 e. The molecule has 5 aromatic rings. The minimum absolute atomic E-state index is 0.0799. The van der Waals surface area contributed by atoms with Gasteiger partial charge >= 0.3 is 6.16 Å². The minimum atomic E-state index is -1.40. The zero-order valence-corrected chi connectivity index (χ0v) is 19.8. The molecule has 0 bridgehead atoms. The van der Waals surface area contributed by atoms with Crippen LogP contribution in [0, 0.1) is 0 Å². The zero-order chi connectivity index (χ0) is 24.4. The standard InChI is InChI=1S/C26H23N3O5S/c1-2-11-33-19-8-10-23-20(13-19)24(18-6-3-16(15-30)4-7-18)25(34-26(31)32)29(23)14-17-5-9-21-22(12-17)28-35-27-21/h3-10,12-13,30H,2,11,14-15H2,1H3,(H,31,32). The van der Waals surface area contributed by atoms with Gasteiger partial charge in [0.05, 0.1) is 42.6 Å². The van der Waals surface area contributed by atoms with Crippen LogP contribution in [0.1, 0.15) is 24.5 Å². The van der Waals surface area contributed by atoms with Crippen LogP contribution in [0.5, 0.6) is 11.6 Å². The van der Waals surface area contributed by atoms with E-state index >= 15 is 0 Å². The average molecular weight is 490 g/mol. The maximum atomic E-state index is 11.8. The lowest BCUT2D eigenvalue weighted by atomic mass is 10.0. The van der Waals surface area contributed by atoms with Crippen LogP contribution >= 0.6 is 11.7 Å². The molecule has 0 aliphatic rings. The molecule has 178 valence electrons. The van der Waals surface area contributed by atoms with Crippen LogP contribution < -0.4 is 9.47 Å². The molecule has 0 aliphatic heterocycles. The van der Waals surface area contributed by atoms with Crippen LogP contribution in [-0.4, -0.2) is 36.3 Å². The third kappa shape index (κ3) is 4.55. The number of benzene rings is 3. The summed E-state index contributed by atoms with van der Waals surface area (Å²) in [6.45, 7) is 2.91. The Kier molecular flexibility index (Phi) is 6.35. The fourth-order valence-electron chi connectivity index (χ4n) is 4.13. The normalized spacial score (nSPS) is 11.3. The Morgan fingerprint density at radius 2 is 1.77 bits per heavy atom. The third-order valence-corrected chi connectivity index (χ3v) is 6.28. The van der Waals surface area contributed by atoms with E-state index in [1.807, 2.05) is 72.2 Å². The number of rotatable bonds is 8. The topological polar surface area (TPSA) is 107 Å². The predicted octanol–water partition coefficient (Wildman–Crippen LogP) is 5.70. The van der Waals surface area contributed by atoms with E-state index < -0.39 is 6.16 Å². The average Bonchev–Trinajstić information content (AvgIpc) is 3.45. The molecule has 2 N–H and O–H groups in total. The van der Waals surface area contributed by atoms with Crippen molar-refractivity contribution in [1.82, 2.24) is 13.3 Å². The highest BCUT2D eigenvalue weighted by Crippen LogP contribution is 2.42. The molecule has 35 heavy (non-hydrogen) atoms. The summed E-state index contributed by atoms with van der Waals surface area (Å²) in [5, 5.41) is 19.9. The summed E-state index contributed by atoms with van der Waals surface area (Å²) in [7, 11) is 0. The number of fused-ring (bicyclic) bond motifs is 2. The van der Waals surface area contributed by atoms with Crippen molar-refractivity contribution in [2.75, 3.05) is 6.61 Å². The molecular weight excluding hydrogens is 466 g/mol. The summed E-state index contributed by atoms with van der Waals surface area (Å²) in [6.07, 6.45) is -0.528. The molecule has 0 atom stereocenters. The SMILES string of the molecule is CCCOc1ccc2c(c1)c(-c1ccc(CO)cc1)c(OC(=O)O)n2Cc1ccc2nsnc2c1. The van der Waals surface area contributed by atoms with Crippen molar-refractivity contribution in [3.8, 4) is 22.8 Å².